The number of rotatable bonds is 6. The molecule has 0 spiro atoms. The third-order valence-electron chi connectivity index (χ3n) is 3.76. The Morgan fingerprint density at radius 1 is 0.905 bits per heavy atom. The first-order valence-electron chi connectivity index (χ1n) is 7.15. The maximum absolute atomic E-state index is 10.8. The van der Waals surface area contributed by atoms with Crippen molar-refractivity contribution in [3.8, 4) is 11.5 Å². The largest absolute Gasteiger partial charge is 0.497 e. The van der Waals surface area contributed by atoms with Gasteiger partial charge in [0.2, 0.25) is 0 Å². The van der Waals surface area contributed by atoms with Crippen molar-refractivity contribution in [3.63, 3.8) is 0 Å². The van der Waals surface area contributed by atoms with E-state index in [1.807, 2.05) is 30.3 Å². The van der Waals surface area contributed by atoms with E-state index < -0.39 is 6.10 Å². The predicted molar refractivity (Wildman–Crippen MR) is 84.0 cm³/mol. The van der Waals surface area contributed by atoms with E-state index >= 15 is 0 Å². The van der Waals surface area contributed by atoms with E-state index in [4.69, 9.17) is 9.47 Å². The zero-order chi connectivity index (χ0) is 15.2. The van der Waals surface area contributed by atoms with Gasteiger partial charge in [0.15, 0.2) is 0 Å². The topological polar surface area (TPSA) is 38.7 Å². The lowest BCUT2D eigenvalue weighted by molar-refractivity contribution is 0.142. The number of aliphatic hydroxyl groups excluding tert-OH is 1. The average molecular weight is 286 g/mol. The van der Waals surface area contributed by atoms with Crippen LogP contribution in [0.3, 0.4) is 0 Å². The van der Waals surface area contributed by atoms with Gasteiger partial charge < -0.3 is 14.6 Å². The Labute approximate surface area is 126 Å². The minimum Gasteiger partial charge on any atom is -0.497 e. The second kappa shape index (κ2) is 7.14. The molecule has 0 saturated heterocycles. The molecule has 2 aromatic rings. The van der Waals surface area contributed by atoms with Crippen molar-refractivity contribution in [1.29, 1.82) is 0 Å². The zero-order valence-electron chi connectivity index (χ0n) is 12.7. The summed E-state index contributed by atoms with van der Waals surface area (Å²) < 4.78 is 10.6. The molecule has 112 valence electrons. The van der Waals surface area contributed by atoms with E-state index in [0.717, 1.165) is 17.5 Å². The quantitative estimate of drug-likeness (QED) is 0.874. The van der Waals surface area contributed by atoms with E-state index in [1.54, 1.807) is 20.3 Å². The molecule has 0 fully saturated rings. The summed E-state index contributed by atoms with van der Waals surface area (Å²) in [7, 11) is 3.22. The van der Waals surface area contributed by atoms with Crippen LogP contribution in [-0.4, -0.2) is 19.3 Å². The summed E-state index contributed by atoms with van der Waals surface area (Å²) in [6.45, 7) is 2.08. The molecule has 1 N–H and O–H groups in total. The van der Waals surface area contributed by atoms with Crippen LogP contribution in [0.25, 0.3) is 0 Å². The molecule has 3 nitrogen and oxygen atoms in total. The first-order valence-corrected chi connectivity index (χ1v) is 7.15. The third kappa shape index (κ3) is 3.56. The van der Waals surface area contributed by atoms with Gasteiger partial charge >= 0.3 is 0 Å². The predicted octanol–water partition coefficient (Wildman–Crippen LogP) is 3.93. The Bertz CT molecular complexity index is 544. The van der Waals surface area contributed by atoms with E-state index in [-0.39, 0.29) is 5.92 Å². The van der Waals surface area contributed by atoms with Crippen molar-refractivity contribution in [3.05, 3.63) is 59.7 Å². The summed E-state index contributed by atoms with van der Waals surface area (Å²) in [5.74, 6) is 1.42. The fraction of sp³-hybridized carbons (Fsp3) is 0.333. The van der Waals surface area contributed by atoms with Crippen LogP contribution in [-0.2, 0) is 0 Å². The second-order valence-corrected chi connectivity index (χ2v) is 5.02. The van der Waals surface area contributed by atoms with E-state index in [0.29, 0.717) is 11.5 Å². The normalized spacial score (nSPS) is 13.5. The molecule has 0 radical (unpaired) electrons. The highest BCUT2D eigenvalue weighted by Gasteiger charge is 2.22. The number of ether oxygens (including phenoxy) is 2. The van der Waals surface area contributed by atoms with E-state index in [1.165, 1.54) is 0 Å². The Kier molecular flexibility index (Phi) is 5.23. The van der Waals surface area contributed by atoms with Crippen LogP contribution in [0, 0.1) is 0 Å². The summed E-state index contributed by atoms with van der Waals surface area (Å²) >= 11 is 0. The van der Waals surface area contributed by atoms with Crippen LogP contribution in [0.1, 0.15) is 36.5 Å². The van der Waals surface area contributed by atoms with Crippen molar-refractivity contribution in [2.24, 2.45) is 0 Å². The first kappa shape index (κ1) is 15.4. The summed E-state index contributed by atoms with van der Waals surface area (Å²) in [5, 5.41) is 10.8. The molecule has 0 aromatic heterocycles. The molecule has 2 atom stereocenters. The third-order valence-corrected chi connectivity index (χ3v) is 3.76. The molecule has 0 bridgehead atoms. The lowest BCUT2D eigenvalue weighted by atomic mass is 9.87. The number of hydrogen-bond acceptors (Lipinski definition) is 3. The monoisotopic (exact) mass is 286 g/mol. The molecular weight excluding hydrogens is 264 g/mol. The maximum atomic E-state index is 10.8. The number of hydrogen-bond donors (Lipinski definition) is 1. The summed E-state index contributed by atoms with van der Waals surface area (Å²) in [6.07, 6.45) is 0.256. The van der Waals surface area contributed by atoms with Crippen LogP contribution in [0.4, 0.5) is 0 Å². The van der Waals surface area contributed by atoms with Crippen molar-refractivity contribution < 1.29 is 14.6 Å². The number of benzene rings is 2. The average Bonchev–Trinajstić information content (AvgIpc) is 2.55. The lowest BCUT2D eigenvalue weighted by Crippen LogP contribution is -2.10. The van der Waals surface area contributed by atoms with Crippen LogP contribution >= 0.6 is 0 Å². The molecule has 21 heavy (non-hydrogen) atoms. The summed E-state index contributed by atoms with van der Waals surface area (Å²) in [4.78, 5) is 0. The van der Waals surface area contributed by atoms with E-state index in [2.05, 4.69) is 19.1 Å². The Morgan fingerprint density at radius 3 is 1.95 bits per heavy atom. The van der Waals surface area contributed by atoms with Gasteiger partial charge in [-0.15, -0.1) is 0 Å². The summed E-state index contributed by atoms with van der Waals surface area (Å²) in [5.41, 5.74) is 1.94. The van der Waals surface area contributed by atoms with Gasteiger partial charge in [-0.25, -0.2) is 0 Å². The zero-order valence-corrected chi connectivity index (χ0v) is 12.7. The van der Waals surface area contributed by atoms with Gasteiger partial charge in [-0.2, -0.15) is 0 Å². The minimum absolute atomic E-state index is 0.0445. The summed E-state index contributed by atoms with van der Waals surface area (Å²) in [6, 6.07) is 15.6. The molecule has 3 heteroatoms. The molecule has 0 aliphatic carbocycles. The molecule has 2 rings (SSSR count). The SMILES string of the molecule is CCC(c1ccccc1)C(O)c1cc(OC)cc(OC)c1. The van der Waals surface area contributed by atoms with Crippen molar-refractivity contribution in [2.75, 3.05) is 14.2 Å². The Hall–Kier alpha value is -2.00. The molecule has 2 unspecified atom stereocenters. The fourth-order valence-corrected chi connectivity index (χ4v) is 2.57. The maximum Gasteiger partial charge on any atom is 0.122 e. The minimum atomic E-state index is -0.596. The molecule has 2 aromatic carbocycles. The number of aliphatic hydroxyl groups is 1. The highest BCUT2D eigenvalue weighted by molar-refractivity contribution is 5.40. The van der Waals surface area contributed by atoms with Crippen molar-refractivity contribution in [2.45, 2.75) is 25.4 Å². The Morgan fingerprint density at radius 2 is 1.48 bits per heavy atom. The van der Waals surface area contributed by atoms with Gasteiger partial charge in [-0.05, 0) is 29.7 Å². The molecule has 0 heterocycles. The Balaban J connectivity index is 2.35. The first-order chi connectivity index (χ1) is 10.2. The van der Waals surface area contributed by atoms with Gasteiger partial charge in [0.05, 0.1) is 20.3 Å². The highest BCUT2D eigenvalue weighted by atomic mass is 16.5. The number of methoxy groups -OCH3 is 2. The van der Waals surface area contributed by atoms with Gasteiger partial charge in [0.1, 0.15) is 11.5 Å². The molecule has 0 aliphatic rings. The fourth-order valence-electron chi connectivity index (χ4n) is 2.57. The van der Waals surface area contributed by atoms with Crippen molar-refractivity contribution >= 4 is 0 Å². The molecule has 0 amide bonds. The van der Waals surface area contributed by atoms with Crippen LogP contribution < -0.4 is 9.47 Å². The second-order valence-electron chi connectivity index (χ2n) is 5.02. The van der Waals surface area contributed by atoms with Gasteiger partial charge in [-0.3, -0.25) is 0 Å². The smallest absolute Gasteiger partial charge is 0.122 e. The van der Waals surface area contributed by atoms with Crippen LogP contribution in [0.15, 0.2) is 48.5 Å². The highest BCUT2D eigenvalue weighted by Crippen LogP contribution is 2.36. The van der Waals surface area contributed by atoms with Gasteiger partial charge in [0, 0.05) is 12.0 Å². The van der Waals surface area contributed by atoms with Crippen molar-refractivity contribution in [1.82, 2.24) is 0 Å². The van der Waals surface area contributed by atoms with Crippen LogP contribution in [0.2, 0.25) is 0 Å². The molecule has 0 aliphatic heterocycles. The van der Waals surface area contributed by atoms with Gasteiger partial charge in [-0.1, -0.05) is 37.3 Å². The van der Waals surface area contributed by atoms with E-state index in [9.17, 15) is 5.11 Å². The molecule has 0 saturated carbocycles. The van der Waals surface area contributed by atoms with Gasteiger partial charge in [0.25, 0.3) is 0 Å². The lowest BCUT2D eigenvalue weighted by Gasteiger charge is -2.23. The van der Waals surface area contributed by atoms with Crippen LogP contribution in [0.5, 0.6) is 11.5 Å². The standard InChI is InChI=1S/C18H22O3/c1-4-17(13-8-6-5-7-9-13)18(19)14-10-15(20-2)12-16(11-14)21-3/h5-12,17-19H,4H2,1-3H3. The molecular formula is C18H22O3.